The van der Waals surface area contributed by atoms with E-state index in [0.717, 1.165) is 5.56 Å². The second-order valence-corrected chi connectivity index (χ2v) is 5.93. The molecule has 1 rings (SSSR count). The van der Waals surface area contributed by atoms with Gasteiger partial charge < -0.3 is 14.8 Å². The van der Waals surface area contributed by atoms with Gasteiger partial charge in [-0.3, -0.25) is 4.55 Å². The molecule has 0 atom stereocenters. The van der Waals surface area contributed by atoms with Crippen molar-refractivity contribution in [1.29, 1.82) is 0 Å². The number of nitrogens with one attached hydrogen (secondary N) is 1. The third kappa shape index (κ3) is 6.23. The number of ether oxygens (including phenoxy) is 2. The van der Waals surface area contributed by atoms with Gasteiger partial charge in [-0.25, -0.2) is 0 Å². The van der Waals surface area contributed by atoms with Gasteiger partial charge in [-0.1, -0.05) is 6.07 Å². The molecule has 0 unspecified atom stereocenters. The lowest BCUT2D eigenvalue weighted by Crippen LogP contribution is -2.16. The normalized spacial score (nSPS) is 11.3. The van der Waals surface area contributed by atoms with Crippen molar-refractivity contribution in [1.82, 2.24) is 5.32 Å². The molecule has 0 radical (unpaired) electrons. The highest BCUT2D eigenvalue weighted by Gasteiger charge is 2.05. The Morgan fingerprint density at radius 1 is 1.15 bits per heavy atom. The molecule has 0 aliphatic rings. The third-order valence-corrected chi connectivity index (χ3v) is 3.59. The van der Waals surface area contributed by atoms with Crippen molar-refractivity contribution in [3.63, 3.8) is 0 Å². The fourth-order valence-corrected chi connectivity index (χ4v) is 2.33. The van der Waals surface area contributed by atoms with Gasteiger partial charge in [0.2, 0.25) is 0 Å². The standard InChI is InChI=1S/C13H21NO5S/c1-18-12-6-5-11(9-13(12)19-2)10-14-7-3-4-8-20(15,16)17/h5-6,9,14H,3-4,7-8,10H2,1-2H3,(H,15,16,17). The van der Waals surface area contributed by atoms with E-state index in [0.29, 0.717) is 37.4 Å². The zero-order valence-corrected chi connectivity index (χ0v) is 12.6. The van der Waals surface area contributed by atoms with Crippen LogP contribution in [0.2, 0.25) is 0 Å². The van der Waals surface area contributed by atoms with Crippen LogP contribution in [-0.4, -0.2) is 39.5 Å². The van der Waals surface area contributed by atoms with Crippen LogP contribution in [-0.2, 0) is 16.7 Å². The van der Waals surface area contributed by atoms with Crippen LogP contribution >= 0.6 is 0 Å². The lowest BCUT2D eigenvalue weighted by atomic mass is 10.2. The van der Waals surface area contributed by atoms with E-state index in [2.05, 4.69) is 5.32 Å². The Balaban J connectivity index is 2.32. The monoisotopic (exact) mass is 303 g/mol. The minimum absolute atomic E-state index is 0.189. The summed E-state index contributed by atoms with van der Waals surface area (Å²) >= 11 is 0. The molecule has 0 aliphatic carbocycles. The maximum Gasteiger partial charge on any atom is 0.264 e. The fraction of sp³-hybridized carbons (Fsp3) is 0.538. The molecule has 20 heavy (non-hydrogen) atoms. The SMILES string of the molecule is COc1ccc(CNCCCCS(=O)(=O)O)cc1OC. The van der Waals surface area contributed by atoms with Crippen LogP contribution < -0.4 is 14.8 Å². The van der Waals surface area contributed by atoms with E-state index >= 15 is 0 Å². The highest BCUT2D eigenvalue weighted by atomic mass is 32.2. The van der Waals surface area contributed by atoms with Gasteiger partial charge in [-0.15, -0.1) is 0 Å². The summed E-state index contributed by atoms with van der Waals surface area (Å²) in [4.78, 5) is 0. The van der Waals surface area contributed by atoms with Crippen LogP contribution in [0.15, 0.2) is 18.2 Å². The summed E-state index contributed by atoms with van der Waals surface area (Å²) in [5.41, 5.74) is 1.05. The molecule has 0 aromatic heterocycles. The lowest BCUT2D eigenvalue weighted by Gasteiger charge is -2.10. The van der Waals surface area contributed by atoms with Gasteiger partial charge in [0.15, 0.2) is 11.5 Å². The van der Waals surface area contributed by atoms with E-state index < -0.39 is 10.1 Å². The van der Waals surface area contributed by atoms with Crippen LogP contribution in [0, 0.1) is 0 Å². The smallest absolute Gasteiger partial charge is 0.264 e. The number of hydrogen-bond acceptors (Lipinski definition) is 5. The molecule has 6 nitrogen and oxygen atoms in total. The Kier molecular flexibility index (Phi) is 6.77. The predicted molar refractivity (Wildman–Crippen MR) is 76.9 cm³/mol. The lowest BCUT2D eigenvalue weighted by molar-refractivity contribution is 0.354. The predicted octanol–water partition coefficient (Wildman–Crippen LogP) is 1.46. The molecule has 1 aromatic carbocycles. The zero-order valence-electron chi connectivity index (χ0n) is 11.8. The van der Waals surface area contributed by atoms with Crippen molar-refractivity contribution in [2.45, 2.75) is 19.4 Å². The van der Waals surface area contributed by atoms with Gasteiger partial charge in [0.25, 0.3) is 10.1 Å². The van der Waals surface area contributed by atoms with E-state index in [1.807, 2.05) is 18.2 Å². The molecule has 0 spiro atoms. The Bertz CT molecular complexity index is 515. The topological polar surface area (TPSA) is 84.9 Å². The average molecular weight is 303 g/mol. The molecule has 0 amide bonds. The quantitative estimate of drug-likeness (QED) is 0.531. The molecule has 7 heteroatoms. The van der Waals surface area contributed by atoms with Gasteiger partial charge in [0, 0.05) is 6.54 Å². The first-order valence-corrected chi connectivity index (χ1v) is 7.94. The maximum atomic E-state index is 10.5. The van der Waals surface area contributed by atoms with Crippen molar-refractivity contribution < 1.29 is 22.4 Å². The molecule has 2 N–H and O–H groups in total. The summed E-state index contributed by atoms with van der Waals surface area (Å²) in [5, 5.41) is 3.20. The summed E-state index contributed by atoms with van der Waals surface area (Å²) in [6.07, 6.45) is 1.13. The summed E-state index contributed by atoms with van der Waals surface area (Å²) in [7, 11) is -0.662. The van der Waals surface area contributed by atoms with Crippen LogP contribution in [0.4, 0.5) is 0 Å². The third-order valence-electron chi connectivity index (χ3n) is 2.78. The first kappa shape index (κ1) is 16.7. The van der Waals surface area contributed by atoms with E-state index in [1.165, 1.54) is 0 Å². The molecular formula is C13H21NO5S. The highest BCUT2D eigenvalue weighted by molar-refractivity contribution is 7.85. The molecule has 0 bridgehead atoms. The van der Waals surface area contributed by atoms with Crippen LogP contribution in [0.5, 0.6) is 11.5 Å². The van der Waals surface area contributed by atoms with Crippen molar-refractivity contribution in [3.8, 4) is 11.5 Å². The highest BCUT2D eigenvalue weighted by Crippen LogP contribution is 2.27. The first-order chi connectivity index (χ1) is 9.46. The number of benzene rings is 1. The largest absolute Gasteiger partial charge is 0.493 e. The minimum Gasteiger partial charge on any atom is -0.493 e. The van der Waals surface area contributed by atoms with E-state index in [1.54, 1.807) is 14.2 Å². The number of hydrogen-bond donors (Lipinski definition) is 2. The Morgan fingerprint density at radius 3 is 2.45 bits per heavy atom. The molecule has 0 saturated carbocycles. The second-order valence-electron chi connectivity index (χ2n) is 4.36. The first-order valence-electron chi connectivity index (χ1n) is 6.33. The van der Waals surface area contributed by atoms with Gasteiger partial charge in [-0.2, -0.15) is 8.42 Å². The molecular weight excluding hydrogens is 282 g/mol. The molecule has 0 aliphatic heterocycles. The summed E-state index contributed by atoms with van der Waals surface area (Å²) in [6, 6.07) is 5.67. The van der Waals surface area contributed by atoms with E-state index in [-0.39, 0.29) is 5.75 Å². The summed E-state index contributed by atoms with van der Waals surface area (Å²) < 4.78 is 40.0. The van der Waals surface area contributed by atoms with Gasteiger partial charge in [-0.05, 0) is 37.1 Å². The molecule has 114 valence electrons. The van der Waals surface area contributed by atoms with Crippen LogP contribution in [0.3, 0.4) is 0 Å². The van der Waals surface area contributed by atoms with Gasteiger partial charge >= 0.3 is 0 Å². The Labute approximate surface area is 119 Å². The van der Waals surface area contributed by atoms with Crippen LogP contribution in [0.1, 0.15) is 18.4 Å². The van der Waals surface area contributed by atoms with Gasteiger partial charge in [0.1, 0.15) is 0 Å². The molecule has 0 heterocycles. The number of rotatable bonds is 9. The second kappa shape index (κ2) is 8.08. The maximum absolute atomic E-state index is 10.5. The molecule has 0 fully saturated rings. The Hall–Kier alpha value is -1.31. The summed E-state index contributed by atoms with van der Waals surface area (Å²) in [6.45, 7) is 1.34. The van der Waals surface area contributed by atoms with Crippen molar-refractivity contribution in [2.24, 2.45) is 0 Å². The van der Waals surface area contributed by atoms with Crippen molar-refractivity contribution in [3.05, 3.63) is 23.8 Å². The van der Waals surface area contributed by atoms with E-state index in [9.17, 15) is 8.42 Å². The van der Waals surface area contributed by atoms with Crippen molar-refractivity contribution in [2.75, 3.05) is 26.5 Å². The Morgan fingerprint density at radius 2 is 1.85 bits per heavy atom. The number of methoxy groups -OCH3 is 2. The van der Waals surface area contributed by atoms with E-state index in [4.69, 9.17) is 14.0 Å². The summed E-state index contributed by atoms with van der Waals surface area (Å²) in [5.74, 6) is 1.17. The van der Waals surface area contributed by atoms with Crippen LogP contribution in [0.25, 0.3) is 0 Å². The zero-order chi connectivity index (χ0) is 15.0. The minimum atomic E-state index is -3.84. The van der Waals surface area contributed by atoms with Gasteiger partial charge in [0.05, 0.1) is 20.0 Å². The fourth-order valence-electron chi connectivity index (χ4n) is 1.76. The average Bonchev–Trinajstić information content (AvgIpc) is 2.41. The molecule has 0 saturated heterocycles. The molecule has 1 aromatic rings. The number of unbranched alkanes of at least 4 members (excludes halogenated alkanes) is 1. The van der Waals surface area contributed by atoms with Crippen molar-refractivity contribution >= 4 is 10.1 Å².